The number of nitrogens with zero attached hydrogens (tertiary/aromatic N) is 1. The Morgan fingerprint density at radius 2 is 0.915 bits per heavy atom. The lowest BCUT2D eigenvalue weighted by Gasteiger charge is -2.28. The first-order valence-electron chi connectivity index (χ1n) is 20.1. The first-order valence-corrected chi connectivity index (χ1v) is 20.9. The van der Waals surface area contributed by atoms with Crippen LogP contribution in [-0.2, 0) is 0 Å². The van der Waals surface area contributed by atoms with Crippen molar-refractivity contribution >= 4 is 92.1 Å². The summed E-state index contributed by atoms with van der Waals surface area (Å²) < 4.78 is 9.31. The molecule has 0 saturated carbocycles. The molecule has 0 aliphatic rings. The minimum Gasteiger partial charge on any atom is -0.455 e. The third-order valence-corrected chi connectivity index (χ3v) is 13.1. The van der Waals surface area contributed by atoms with Gasteiger partial charge in [0.25, 0.3) is 0 Å². The maximum absolute atomic E-state index is 6.68. The van der Waals surface area contributed by atoms with E-state index in [2.05, 4.69) is 217 Å². The summed E-state index contributed by atoms with van der Waals surface area (Å²) in [4.78, 5) is 2.41. The first kappa shape index (κ1) is 33.7. The summed E-state index contributed by atoms with van der Waals surface area (Å²) in [5.74, 6) is 0. The molecule has 0 amide bonds. The Morgan fingerprint density at radius 1 is 0.356 bits per heavy atom. The van der Waals surface area contributed by atoms with E-state index in [1.165, 1.54) is 58.6 Å². The van der Waals surface area contributed by atoms with Crippen LogP contribution in [0.2, 0.25) is 0 Å². The summed E-state index contributed by atoms with van der Waals surface area (Å²) >= 11 is 1.87. The highest BCUT2D eigenvalue weighted by atomic mass is 32.1. The van der Waals surface area contributed by atoms with Crippen LogP contribution >= 0.6 is 11.3 Å². The summed E-state index contributed by atoms with van der Waals surface area (Å²) in [6.07, 6.45) is 0. The lowest BCUT2D eigenvalue weighted by atomic mass is 9.95. The van der Waals surface area contributed by atoms with E-state index in [9.17, 15) is 0 Å². The lowest BCUT2D eigenvalue weighted by Crippen LogP contribution is -2.11. The second kappa shape index (κ2) is 13.6. The number of benzene rings is 10. The van der Waals surface area contributed by atoms with Crippen molar-refractivity contribution in [3.05, 3.63) is 212 Å². The molecular weight excluding hydrogens is 735 g/mol. The molecule has 12 aromatic rings. The summed E-state index contributed by atoms with van der Waals surface area (Å²) in [6.45, 7) is 0. The van der Waals surface area contributed by atoms with Gasteiger partial charge in [-0.1, -0.05) is 164 Å². The molecule has 12 rings (SSSR count). The third kappa shape index (κ3) is 5.47. The third-order valence-electron chi connectivity index (χ3n) is 11.9. The molecule has 0 bridgehead atoms. The van der Waals surface area contributed by atoms with Crippen LogP contribution in [0, 0.1) is 0 Å². The van der Waals surface area contributed by atoms with Gasteiger partial charge in [-0.25, -0.2) is 0 Å². The molecule has 0 fully saturated rings. The number of fused-ring (bicyclic) bond motifs is 9. The largest absolute Gasteiger partial charge is 0.455 e. The fourth-order valence-corrected chi connectivity index (χ4v) is 10.4. The van der Waals surface area contributed by atoms with Crippen LogP contribution in [0.1, 0.15) is 0 Å². The van der Waals surface area contributed by atoms with E-state index in [1.807, 2.05) is 11.3 Å². The van der Waals surface area contributed by atoms with E-state index in [0.717, 1.165) is 55.5 Å². The van der Waals surface area contributed by atoms with E-state index in [4.69, 9.17) is 4.42 Å². The van der Waals surface area contributed by atoms with Gasteiger partial charge in [0.05, 0.1) is 5.69 Å². The van der Waals surface area contributed by atoms with Crippen LogP contribution in [0.15, 0.2) is 217 Å². The smallest absolute Gasteiger partial charge is 0.143 e. The molecule has 2 heterocycles. The number of para-hydroxylation sites is 1. The van der Waals surface area contributed by atoms with Gasteiger partial charge < -0.3 is 9.32 Å². The van der Waals surface area contributed by atoms with Crippen molar-refractivity contribution in [1.29, 1.82) is 0 Å². The molecule has 2 nitrogen and oxygen atoms in total. The van der Waals surface area contributed by atoms with E-state index in [-0.39, 0.29) is 0 Å². The van der Waals surface area contributed by atoms with Crippen molar-refractivity contribution in [3.8, 4) is 33.4 Å². The minimum atomic E-state index is 0.884. The number of thiophene rings is 1. The van der Waals surface area contributed by atoms with E-state index < -0.39 is 0 Å². The molecule has 276 valence electrons. The molecule has 59 heavy (non-hydrogen) atoms. The van der Waals surface area contributed by atoms with E-state index >= 15 is 0 Å². The Kier molecular flexibility index (Phi) is 7.75. The molecule has 2 aromatic heterocycles. The topological polar surface area (TPSA) is 16.4 Å². The normalized spacial score (nSPS) is 11.7. The maximum Gasteiger partial charge on any atom is 0.143 e. The Morgan fingerprint density at radius 3 is 1.73 bits per heavy atom. The molecular formula is C56H35NOS. The van der Waals surface area contributed by atoms with E-state index in [0.29, 0.717) is 0 Å². The molecule has 3 heteroatoms. The van der Waals surface area contributed by atoms with Crippen molar-refractivity contribution < 1.29 is 4.42 Å². The second-order valence-electron chi connectivity index (χ2n) is 15.2. The fourth-order valence-electron chi connectivity index (χ4n) is 9.13. The highest BCUT2D eigenvalue weighted by Crippen LogP contribution is 2.47. The average molecular weight is 770 g/mol. The molecule has 0 N–H and O–H groups in total. The molecule has 0 radical (unpaired) electrons. The van der Waals surface area contributed by atoms with Crippen molar-refractivity contribution in [2.75, 3.05) is 4.90 Å². The second-order valence-corrected chi connectivity index (χ2v) is 16.2. The molecule has 10 aromatic carbocycles. The summed E-state index contributed by atoms with van der Waals surface area (Å²) in [6, 6.07) is 76.9. The van der Waals surface area contributed by atoms with Gasteiger partial charge in [-0.2, -0.15) is 0 Å². The van der Waals surface area contributed by atoms with Crippen LogP contribution in [0.25, 0.3) is 97.0 Å². The number of anilines is 3. The molecule has 0 saturated heterocycles. The standard InChI is InChI=1S/C56H35NOS/c1-3-15-42-36(12-1)14-9-19-43(42)38-26-31-40(32-27-38)57(41-33-28-39(29-34-41)45-20-10-22-49-47-18-6-8-25-53(47)59-56(45)49)51-23-7-5-17-46(51)48-21-11-24-52-54(48)50-35-30-37-13-2-4-16-44(37)55(50)58-52/h1-35H. The van der Waals surface area contributed by atoms with Gasteiger partial charge in [0.15, 0.2) is 0 Å². The van der Waals surface area contributed by atoms with Gasteiger partial charge in [-0.3, -0.25) is 0 Å². The van der Waals surface area contributed by atoms with Crippen LogP contribution in [0.4, 0.5) is 17.1 Å². The zero-order valence-electron chi connectivity index (χ0n) is 32.0. The van der Waals surface area contributed by atoms with Gasteiger partial charge in [-0.15, -0.1) is 11.3 Å². The zero-order chi connectivity index (χ0) is 38.9. The minimum absolute atomic E-state index is 0.884. The Balaban J connectivity index is 1.04. The maximum atomic E-state index is 6.68. The van der Waals surface area contributed by atoms with Crippen LogP contribution in [-0.4, -0.2) is 0 Å². The lowest BCUT2D eigenvalue weighted by molar-refractivity contribution is 0.673. The highest BCUT2D eigenvalue weighted by Gasteiger charge is 2.22. The van der Waals surface area contributed by atoms with Crippen LogP contribution in [0.3, 0.4) is 0 Å². The van der Waals surface area contributed by atoms with Crippen molar-refractivity contribution in [1.82, 2.24) is 0 Å². The molecule has 0 spiro atoms. The van der Waals surface area contributed by atoms with Gasteiger partial charge in [-0.05, 0) is 92.5 Å². The predicted octanol–water partition coefficient (Wildman–Crippen LogP) is 16.7. The van der Waals surface area contributed by atoms with Gasteiger partial charge in [0.2, 0.25) is 0 Å². The Bertz CT molecular complexity index is 3550. The Hall–Kier alpha value is -7.46. The predicted molar refractivity (Wildman–Crippen MR) is 253 cm³/mol. The number of rotatable bonds is 6. The Labute approximate surface area is 345 Å². The van der Waals surface area contributed by atoms with E-state index in [1.54, 1.807) is 0 Å². The van der Waals surface area contributed by atoms with Crippen molar-refractivity contribution in [2.24, 2.45) is 0 Å². The number of furan rings is 1. The summed E-state index contributed by atoms with van der Waals surface area (Å²) in [5.41, 5.74) is 12.2. The van der Waals surface area contributed by atoms with Crippen molar-refractivity contribution in [3.63, 3.8) is 0 Å². The monoisotopic (exact) mass is 769 g/mol. The van der Waals surface area contributed by atoms with Crippen molar-refractivity contribution in [2.45, 2.75) is 0 Å². The van der Waals surface area contributed by atoms with Gasteiger partial charge >= 0.3 is 0 Å². The summed E-state index contributed by atoms with van der Waals surface area (Å²) in [5, 5.41) is 9.66. The number of hydrogen-bond donors (Lipinski definition) is 0. The molecule has 0 atom stereocenters. The fraction of sp³-hybridized carbons (Fsp3) is 0. The SMILES string of the molecule is c1ccc(N(c2ccc(-c3cccc4ccccc34)cc2)c2ccc(-c3cccc4c3sc3ccccc34)cc2)c(-c2cccc3oc4c5ccccc5ccc4c23)c1. The van der Waals surface area contributed by atoms with Gasteiger partial charge in [0.1, 0.15) is 11.2 Å². The molecule has 0 aliphatic carbocycles. The number of hydrogen-bond acceptors (Lipinski definition) is 3. The molecule has 0 aliphatic heterocycles. The van der Waals surface area contributed by atoms with Crippen LogP contribution < -0.4 is 4.90 Å². The highest BCUT2D eigenvalue weighted by molar-refractivity contribution is 7.26. The first-order chi connectivity index (χ1) is 29.3. The van der Waals surface area contributed by atoms with Gasteiger partial charge in [0, 0.05) is 53.3 Å². The van der Waals surface area contributed by atoms with Crippen LogP contribution in [0.5, 0.6) is 0 Å². The average Bonchev–Trinajstić information content (AvgIpc) is 3.89. The molecule has 0 unspecified atom stereocenters. The zero-order valence-corrected chi connectivity index (χ0v) is 32.8. The quantitative estimate of drug-likeness (QED) is 0.167. The summed E-state index contributed by atoms with van der Waals surface area (Å²) in [7, 11) is 0.